The monoisotopic (exact) mass is 477 g/mol. The number of carboxylic acids is 1. The summed E-state index contributed by atoms with van der Waals surface area (Å²) in [4.78, 5) is 50.7. The van der Waals surface area contributed by atoms with Gasteiger partial charge in [-0.15, -0.1) is 0 Å². The van der Waals surface area contributed by atoms with E-state index in [1.165, 1.54) is 12.1 Å². The molecule has 9 heteroatoms. The molecule has 172 valence electrons. The Labute approximate surface area is 200 Å². The van der Waals surface area contributed by atoms with Crippen LogP contribution in [-0.4, -0.2) is 33.5 Å². The molecule has 1 aromatic heterocycles. The fraction of sp³-hybridized carbons (Fsp3) is 0.120. The second-order valence-corrected chi connectivity index (χ2v) is 8.27. The van der Waals surface area contributed by atoms with Gasteiger partial charge in [-0.3, -0.25) is 14.9 Å². The molecule has 2 N–H and O–H groups in total. The number of anilines is 1. The number of urea groups is 1. The van der Waals surface area contributed by atoms with Crippen molar-refractivity contribution in [2.45, 2.75) is 20.8 Å². The SMILES string of the molecule is Cc1c(Cl)cccc1N1C(=O)NC(=O)/C(=C\c2cc(C)n(-c3cccc(C(=O)O)c3)c2C)C1=O. The lowest BCUT2D eigenvalue weighted by molar-refractivity contribution is -0.122. The van der Waals surface area contributed by atoms with Crippen molar-refractivity contribution in [1.29, 1.82) is 0 Å². The van der Waals surface area contributed by atoms with Crippen LogP contribution in [0.1, 0.15) is 32.9 Å². The average Bonchev–Trinajstić information content (AvgIpc) is 3.06. The number of carbonyl (C=O) groups is 4. The third-order valence-corrected chi connectivity index (χ3v) is 6.11. The van der Waals surface area contributed by atoms with Crippen LogP contribution >= 0.6 is 11.6 Å². The van der Waals surface area contributed by atoms with Crippen molar-refractivity contribution in [2.24, 2.45) is 0 Å². The third-order valence-electron chi connectivity index (χ3n) is 5.70. The van der Waals surface area contributed by atoms with Crippen molar-refractivity contribution >= 4 is 47.2 Å². The molecule has 0 saturated carbocycles. The molecule has 0 radical (unpaired) electrons. The van der Waals surface area contributed by atoms with Crippen LogP contribution in [0, 0.1) is 20.8 Å². The number of nitrogens with one attached hydrogen (secondary N) is 1. The third kappa shape index (κ3) is 3.88. The zero-order valence-corrected chi connectivity index (χ0v) is 19.3. The van der Waals surface area contributed by atoms with E-state index in [4.69, 9.17) is 11.6 Å². The van der Waals surface area contributed by atoms with Crippen molar-refractivity contribution in [2.75, 3.05) is 4.90 Å². The fourth-order valence-corrected chi connectivity index (χ4v) is 4.15. The Hall–Kier alpha value is -4.17. The van der Waals surface area contributed by atoms with E-state index in [9.17, 15) is 24.3 Å². The molecule has 2 heterocycles. The zero-order chi connectivity index (χ0) is 24.7. The minimum atomic E-state index is -1.04. The molecular formula is C25H20ClN3O5. The molecule has 1 saturated heterocycles. The summed E-state index contributed by atoms with van der Waals surface area (Å²) in [5.41, 5.74) is 3.40. The molecule has 3 aromatic rings. The Morgan fingerprint density at radius 3 is 2.44 bits per heavy atom. The number of amides is 4. The quantitative estimate of drug-likeness (QED) is 0.427. The lowest BCUT2D eigenvalue weighted by Gasteiger charge is -2.27. The van der Waals surface area contributed by atoms with Crippen LogP contribution in [0.2, 0.25) is 5.02 Å². The van der Waals surface area contributed by atoms with Gasteiger partial charge in [0.1, 0.15) is 5.57 Å². The lowest BCUT2D eigenvalue weighted by Crippen LogP contribution is -2.54. The Balaban J connectivity index is 1.79. The Kier molecular flexibility index (Phi) is 5.85. The first-order valence-electron chi connectivity index (χ1n) is 10.3. The number of carbonyl (C=O) groups excluding carboxylic acids is 3. The number of barbiturate groups is 1. The molecule has 4 rings (SSSR count). The first-order valence-corrected chi connectivity index (χ1v) is 10.7. The number of aromatic carboxylic acids is 1. The number of rotatable bonds is 4. The summed E-state index contributed by atoms with van der Waals surface area (Å²) >= 11 is 6.16. The molecule has 1 aliphatic rings. The number of aryl methyl sites for hydroxylation is 1. The van der Waals surface area contributed by atoms with Crippen LogP contribution in [-0.2, 0) is 9.59 Å². The maximum absolute atomic E-state index is 13.3. The van der Waals surface area contributed by atoms with E-state index in [2.05, 4.69) is 5.32 Å². The van der Waals surface area contributed by atoms with Crippen LogP contribution in [0.3, 0.4) is 0 Å². The molecule has 0 bridgehead atoms. The van der Waals surface area contributed by atoms with Crippen molar-refractivity contribution in [3.8, 4) is 5.69 Å². The molecule has 8 nitrogen and oxygen atoms in total. The summed E-state index contributed by atoms with van der Waals surface area (Å²) in [7, 11) is 0. The van der Waals surface area contributed by atoms with E-state index in [0.717, 1.165) is 10.6 Å². The highest BCUT2D eigenvalue weighted by atomic mass is 35.5. The maximum Gasteiger partial charge on any atom is 0.335 e. The Bertz CT molecular complexity index is 1420. The summed E-state index contributed by atoms with van der Waals surface area (Å²) < 4.78 is 1.83. The summed E-state index contributed by atoms with van der Waals surface area (Å²) in [6.45, 7) is 5.30. The van der Waals surface area contributed by atoms with Gasteiger partial charge in [0.15, 0.2) is 0 Å². The lowest BCUT2D eigenvalue weighted by atomic mass is 10.1. The zero-order valence-electron chi connectivity index (χ0n) is 18.5. The molecule has 0 aliphatic carbocycles. The fourth-order valence-electron chi connectivity index (χ4n) is 3.98. The highest BCUT2D eigenvalue weighted by molar-refractivity contribution is 6.40. The van der Waals surface area contributed by atoms with Crippen LogP contribution < -0.4 is 10.2 Å². The summed E-state index contributed by atoms with van der Waals surface area (Å²) in [6, 6.07) is 12.2. The van der Waals surface area contributed by atoms with Crippen LogP contribution in [0.5, 0.6) is 0 Å². The average molecular weight is 478 g/mol. The molecular weight excluding hydrogens is 458 g/mol. The Morgan fingerprint density at radius 2 is 1.74 bits per heavy atom. The normalized spacial score (nSPS) is 15.1. The van der Waals surface area contributed by atoms with Gasteiger partial charge in [-0.05, 0) is 74.4 Å². The molecule has 0 atom stereocenters. The molecule has 2 aromatic carbocycles. The summed E-state index contributed by atoms with van der Waals surface area (Å²) in [5, 5.41) is 11.9. The largest absolute Gasteiger partial charge is 0.478 e. The molecule has 0 unspecified atom stereocenters. The summed E-state index contributed by atoms with van der Waals surface area (Å²) in [5.74, 6) is -2.61. The van der Waals surface area contributed by atoms with Gasteiger partial charge < -0.3 is 9.67 Å². The molecule has 34 heavy (non-hydrogen) atoms. The first kappa shape index (κ1) is 23.0. The predicted octanol–water partition coefficient (Wildman–Crippen LogP) is 4.42. The number of imide groups is 2. The van der Waals surface area contributed by atoms with E-state index in [-0.39, 0.29) is 16.8 Å². The Morgan fingerprint density at radius 1 is 1.03 bits per heavy atom. The predicted molar refractivity (Wildman–Crippen MR) is 127 cm³/mol. The molecule has 0 spiro atoms. The molecule has 1 fully saturated rings. The van der Waals surface area contributed by atoms with Crippen LogP contribution in [0.25, 0.3) is 11.8 Å². The number of hydrogen-bond donors (Lipinski definition) is 2. The molecule has 1 aliphatic heterocycles. The number of benzene rings is 2. The standard InChI is InChI=1S/C25H20ClN3O5/c1-13-10-17(15(3)28(13)18-7-4-6-16(11-18)24(32)33)12-19-22(30)27-25(34)29(23(19)31)21-9-5-8-20(26)14(21)2/h4-12H,1-3H3,(H,32,33)(H,27,30,34)/b19-12+. The highest BCUT2D eigenvalue weighted by Gasteiger charge is 2.37. The number of hydrogen-bond acceptors (Lipinski definition) is 4. The van der Waals surface area contributed by atoms with Gasteiger partial charge in [-0.1, -0.05) is 23.7 Å². The highest BCUT2D eigenvalue weighted by Crippen LogP contribution is 2.30. The van der Waals surface area contributed by atoms with E-state index in [1.807, 2.05) is 11.5 Å². The minimum Gasteiger partial charge on any atom is -0.478 e. The minimum absolute atomic E-state index is 0.137. The second-order valence-electron chi connectivity index (χ2n) is 7.86. The number of carboxylic acid groups (broad SMARTS) is 1. The van der Waals surface area contributed by atoms with Crippen molar-refractivity contribution in [1.82, 2.24) is 9.88 Å². The van der Waals surface area contributed by atoms with E-state index < -0.39 is 23.8 Å². The van der Waals surface area contributed by atoms with Gasteiger partial charge in [-0.25, -0.2) is 14.5 Å². The maximum atomic E-state index is 13.3. The number of nitrogens with zero attached hydrogens (tertiary/aromatic N) is 2. The summed E-state index contributed by atoms with van der Waals surface area (Å²) in [6.07, 6.45) is 1.43. The van der Waals surface area contributed by atoms with Crippen LogP contribution in [0.4, 0.5) is 10.5 Å². The number of halogens is 1. The van der Waals surface area contributed by atoms with Gasteiger partial charge >= 0.3 is 12.0 Å². The van der Waals surface area contributed by atoms with Crippen molar-refractivity contribution in [3.63, 3.8) is 0 Å². The van der Waals surface area contributed by atoms with E-state index >= 15 is 0 Å². The van der Waals surface area contributed by atoms with E-state index in [0.29, 0.717) is 27.5 Å². The van der Waals surface area contributed by atoms with Crippen molar-refractivity contribution in [3.05, 3.63) is 87.2 Å². The van der Waals surface area contributed by atoms with Gasteiger partial charge in [0, 0.05) is 22.1 Å². The van der Waals surface area contributed by atoms with E-state index in [1.54, 1.807) is 56.3 Å². The second kappa shape index (κ2) is 8.64. The van der Waals surface area contributed by atoms with Gasteiger partial charge in [-0.2, -0.15) is 0 Å². The van der Waals surface area contributed by atoms with Crippen LogP contribution in [0.15, 0.2) is 54.1 Å². The molecule has 4 amide bonds. The van der Waals surface area contributed by atoms with Gasteiger partial charge in [0.25, 0.3) is 11.8 Å². The number of aromatic nitrogens is 1. The topological polar surface area (TPSA) is 109 Å². The van der Waals surface area contributed by atoms with Gasteiger partial charge in [0.05, 0.1) is 11.3 Å². The first-order chi connectivity index (χ1) is 16.1. The van der Waals surface area contributed by atoms with Crippen molar-refractivity contribution < 1.29 is 24.3 Å². The smallest absolute Gasteiger partial charge is 0.335 e. The van der Waals surface area contributed by atoms with Gasteiger partial charge in [0.2, 0.25) is 0 Å².